The average molecular weight is 368 g/mol. The minimum Gasteiger partial charge on any atom is -0.497 e. The molecule has 0 bridgehead atoms. The monoisotopic (exact) mass is 368 g/mol. The van der Waals surface area contributed by atoms with E-state index < -0.39 is 10.0 Å². The number of thiazole rings is 1. The van der Waals surface area contributed by atoms with E-state index in [0.29, 0.717) is 17.4 Å². The summed E-state index contributed by atoms with van der Waals surface area (Å²) in [7, 11) is -0.732. The Morgan fingerprint density at radius 1 is 1.21 bits per heavy atom. The molecule has 1 atom stereocenters. The van der Waals surface area contributed by atoms with Gasteiger partial charge in [-0.2, -0.15) is 0 Å². The first-order chi connectivity index (χ1) is 11.4. The lowest BCUT2D eigenvalue weighted by Crippen LogP contribution is -2.30. The second-order valence-corrected chi connectivity index (χ2v) is 8.77. The summed E-state index contributed by atoms with van der Waals surface area (Å²) in [4.78, 5) is 5.56. The molecular formula is C16H20N2O4S2. The van der Waals surface area contributed by atoms with Crippen LogP contribution in [0.25, 0.3) is 0 Å². The number of ether oxygens (including phenoxy) is 2. The van der Waals surface area contributed by atoms with Gasteiger partial charge in [0.1, 0.15) is 16.5 Å². The summed E-state index contributed by atoms with van der Waals surface area (Å²) in [6.45, 7) is 1.96. The van der Waals surface area contributed by atoms with Crippen LogP contribution in [-0.4, -0.2) is 27.6 Å². The summed E-state index contributed by atoms with van der Waals surface area (Å²) in [5.41, 5.74) is 0. The van der Waals surface area contributed by atoms with Gasteiger partial charge in [0.25, 0.3) is 0 Å². The fourth-order valence-corrected chi connectivity index (χ4v) is 4.78. The first-order valence-electron chi connectivity index (χ1n) is 7.60. The standard InChI is InChI=1S/C16H20N2O4S2/c1-10-9-17-16(23-10)15(11-4-5-11)18-24(19,20)14-7-12(21-2)6-13(8-14)22-3/h6-9,11,15,18H,4-5H2,1-3H3. The number of rotatable bonds is 7. The summed E-state index contributed by atoms with van der Waals surface area (Å²) in [5.74, 6) is 1.17. The normalized spacial score (nSPS) is 16.0. The number of aryl methyl sites for hydroxylation is 1. The lowest BCUT2D eigenvalue weighted by atomic mass is 10.2. The first-order valence-corrected chi connectivity index (χ1v) is 9.90. The maximum absolute atomic E-state index is 12.8. The highest BCUT2D eigenvalue weighted by Crippen LogP contribution is 2.43. The van der Waals surface area contributed by atoms with Crippen molar-refractivity contribution >= 4 is 21.4 Å². The van der Waals surface area contributed by atoms with E-state index in [0.717, 1.165) is 22.7 Å². The van der Waals surface area contributed by atoms with E-state index in [9.17, 15) is 8.42 Å². The largest absolute Gasteiger partial charge is 0.497 e. The molecule has 0 spiro atoms. The molecule has 1 aromatic heterocycles. The Morgan fingerprint density at radius 3 is 2.29 bits per heavy atom. The van der Waals surface area contributed by atoms with Gasteiger partial charge in [-0.25, -0.2) is 18.1 Å². The Bertz CT molecular complexity index is 806. The number of nitrogens with zero attached hydrogens (tertiary/aromatic N) is 1. The molecule has 0 aliphatic heterocycles. The maximum atomic E-state index is 12.8. The van der Waals surface area contributed by atoms with Crippen molar-refractivity contribution in [2.45, 2.75) is 30.7 Å². The predicted molar refractivity (Wildman–Crippen MR) is 92.2 cm³/mol. The zero-order valence-corrected chi connectivity index (χ0v) is 15.4. The van der Waals surface area contributed by atoms with E-state index in [2.05, 4.69) is 9.71 Å². The highest BCUT2D eigenvalue weighted by Gasteiger charge is 2.37. The average Bonchev–Trinajstić information content (AvgIpc) is 3.33. The third kappa shape index (κ3) is 3.71. The van der Waals surface area contributed by atoms with Crippen molar-refractivity contribution in [1.82, 2.24) is 9.71 Å². The van der Waals surface area contributed by atoms with Crippen molar-refractivity contribution in [2.75, 3.05) is 14.2 Å². The van der Waals surface area contributed by atoms with Crippen LogP contribution in [0.15, 0.2) is 29.3 Å². The van der Waals surface area contributed by atoms with Crippen molar-refractivity contribution in [1.29, 1.82) is 0 Å². The molecule has 1 aliphatic rings. The summed E-state index contributed by atoms with van der Waals surface area (Å²) in [6, 6.07) is 4.33. The topological polar surface area (TPSA) is 77.5 Å². The highest BCUT2D eigenvalue weighted by molar-refractivity contribution is 7.89. The van der Waals surface area contributed by atoms with Crippen molar-refractivity contribution in [3.05, 3.63) is 34.3 Å². The van der Waals surface area contributed by atoms with E-state index in [1.54, 1.807) is 12.3 Å². The summed E-state index contributed by atoms with van der Waals surface area (Å²) in [6.07, 6.45) is 3.79. The Morgan fingerprint density at radius 2 is 1.83 bits per heavy atom. The van der Waals surface area contributed by atoms with Gasteiger partial charge in [0, 0.05) is 29.3 Å². The van der Waals surface area contributed by atoms with Crippen LogP contribution in [0, 0.1) is 12.8 Å². The first kappa shape index (κ1) is 17.2. The molecular weight excluding hydrogens is 348 g/mol. The SMILES string of the molecule is COc1cc(OC)cc(S(=O)(=O)NC(c2ncc(C)s2)C2CC2)c1. The van der Waals surface area contributed by atoms with Gasteiger partial charge in [-0.3, -0.25) is 0 Å². The van der Waals surface area contributed by atoms with E-state index in [4.69, 9.17) is 9.47 Å². The Kier molecular flexibility index (Phi) is 4.80. The summed E-state index contributed by atoms with van der Waals surface area (Å²) >= 11 is 1.53. The number of aromatic nitrogens is 1. The molecule has 6 nitrogen and oxygen atoms in total. The molecule has 1 heterocycles. The minimum atomic E-state index is -3.71. The molecule has 1 N–H and O–H groups in total. The number of methoxy groups -OCH3 is 2. The van der Waals surface area contributed by atoms with Gasteiger partial charge in [0.2, 0.25) is 10.0 Å². The number of sulfonamides is 1. The van der Waals surface area contributed by atoms with Gasteiger partial charge < -0.3 is 9.47 Å². The van der Waals surface area contributed by atoms with Gasteiger partial charge in [-0.05, 0) is 25.7 Å². The van der Waals surface area contributed by atoms with E-state index in [-0.39, 0.29) is 10.9 Å². The second-order valence-electron chi connectivity index (χ2n) is 5.79. The van der Waals surface area contributed by atoms with Gasteiger partial charge >= 0.3 is 0 Å². The van der Waals surface area contributed by atoms with Gasteiger partial charge in [-0.1, -0.05) is 0 Å². The zero-order valence-electron chi connectivity index (χ0n) is 13.8. The molecule has 1 fully saturated rings. The Hall–Kier alpha value is -1.64. The molecule has 1 saturated carbocycles. The van der Waals surface area contributed by atoms with E-state index >= 15 is 0 Å². The molecule has 1 aromatic carbocycles. The van der Waals surface area contributed by atoms with Gasteiger partial charge in [0.15, 0.2) is 0 Å². The van der Waals surface area contributed by atoms with Crippen LogP contribution in [0.2, 0.25) is 0 Å². The lowest BCUT2D eigenvalue weighted by molar-refractivity contribution is 0.391. The van der Waals surface area contributed by atoms with E-state index in [1.807, 2.05) is 6.92 Å². The molecule has 1 unspecified atom stereocenters. The van der Waals surface area contributed by atoms with Crippen LogP contribution < -0.4 is 14.2 Å². The highest BCUT2D eigenvalue weighted by atomic mass is 32.2. The van der Waals surface area contributed by atoms with Crippen molar-refractivity contribution in [3.8, 4) is 11.5 Å². The van der Waals surface area contributed by atoms with E-state index in [1.165, 1.54) is 37.7 Å². The molecule has 1 aliphatic carbocycles. The number of nitrogens with one attached hydrogen (secondary N) is 1. The Labute approximate surface area is 145 Å². The van der Waals surface area contributed by atoms with Crippen LogP contribution >= 0.6 is 11.3 Å². The molecule has 0 radical (unpaired) electrons. The van der Waals surface area contributed by atoms with Crippen molar-refractivity contribution in [2.24, 2.45) is 5.92 Å². The molecule has 130 valence electrons. The number of hydrogen-bond acceptors (Lipinski definition) is 6. The third-order valence-electron chi connectivity index (χ3n) is 3.92. The number of benzene rings is 1. The predicted octanol–water partition coefficient (Wildman–Crippen LogP) is 2.90. The molecule has 8 heteroatoms. The Balaban J connectivity index is 1.92. The van der Waals surface area contributed by atoms with Gasteiger partial charge in [-0.15, -0.1) is 11.3 Å². The lowest BCUT2D eigenvalue weighted by Gasteiger charge is -2.17. The fourth-order valence-electron chi connectivity index (χ4n) is 2.47. The van der Waals surface area contributed by atoms with Crippen LogP contribution in [0.1, 0.15) is 28.8 Å². The summed E-state index contributed by atoms with van der Waals surface area (Å²) < 4.78 is 38.8. The fraction of sp³-hybridized carbons (Fsp3) is 0.438. The van der Waals surface area contributed by atoms with Crippen LogP contribution in [0.4, 0.5) is 0 Å². The molecule has 2 aromatic rings. The maximum Gasteiger partial charge on any atom is 0.241 e. The zero-order chi connectivity index (χ0) is 17.3. The summed E-state index contributed by atoms with van der Waals surface area (Å²) in [5, 5.41) is 0.813. The second kappa shape index (κ2) is 6.70. The quantitative estimate of drug-likeness (QED) is 0.813. The number of hydrogen-bond donors (Lipinski definition) is 1. The smallest absolute Gasteiger partial charge is 0.241 e. The van der Waals surface area contributed by atoms with Gasteiger partial charge in [0.05, 0.1) is 25.2 Å². The van der Waals surface area contributed by atoms with Crippen molar-refractivity contribution in [3.63, 3.8) is 0 Å². The van der Waals surface area contributed by atoms with Crippen LogP contribution in [0.5, 0.6) is 11.5 Å². The molecule has 0 amide bonds. The molecule has 0 saturated heterocycles. The third-order valence-corrected chi connectivity index (χ3v) is 6.33. The van der Waals surface area contributed by atoms with Crippen LogP contribution in [0.3, 0.4) is 0 Å². The minimum absolute atomic E-state index is 0.123. The molecule has 3 rings (SSSR count). The van der Waals surface area contributed by atoms with Crippen LogP contribution in [-0.2, 0) is 10.0 Å². The van der Waals surface area contributed by atoms with Crippen molar-refractivity contribution < 1.29 is 17.9 Å². The molecule has 24 heavy (non-hydrogen) atoms.